The van der Waals surface area contributed by atoms with Crippen LogP contribution in [0, 0.1) is 0 Å². The van der Waals surface area contributed by atoms with Crippen molar-refractivity contribution in [2.75, 3.05) is 4.90 Å². The molecule has 3 nitrogen and oxygen atoms in total. The monoisotopic (exact) mass is 279 g/mol. The first-order valence-electron chi connectivity index (χ1n) is 6.54. The van der Waals surface area contributed by atoms with Gasteiger partial charge in [-0.3, -0.25) is 4.79 Å². The third-order valence-electron chi connectivity index (χ3n) is 3.42. The van der Waals surface area contributed by atoms with E-state index in [0.717, 1.165) is 25.7 Å². The molecule has 1 aromatic carbocycles. The molecule has 0 radical (unpaired) electrons. The van der Waals surface area contributed by atoms with Crippen LogP contribution in [0.2, 0.25) is 5.02 Å². The van der Waals surface area contributed by atoms with Crippen LogP contribution in [0.5, 0.6) is 5.75 Å². The number of anilines is 1. The summed E-state index contributed by atoms with van der Waals surface area (Å²) in [6, 6.07) is 4.98. The van der Waals surface area contributed by atoms with Crippen LogP contribution >= 0.6 is 11.6 Å². The second-order valence-corrected chi connectivity index (χ2v) is 5.30. The van der Waals surface area contributed by atoms with E-state index in [-0.39, 0.29) is 17.7 Å². The summed E-state index contributed by atoms with van der Waals surface area (Å²) < 4.78 is 0. The summed E-state index contributed by atoms with van der Waals surface area (Å²) in [5.74, 6) is 0.0838. The van der Waals surface area contributed by atoms with Crippen LogP contribution in [0.15, 0.2) is 30.9 Å². The molecule has 1 N–H and O–H groups in total. The maximum Gasteiger partial charge on any atom is 0.231 e. The molecule has 2 rings (SSSR count). The quantitative estimate of drug-likeness (QED) is 0.849. The molecule has 1 aliphatic rings. The van der Waals surface area contributed by atoms with E-state index in [1.54, 1.807) is 23.1 Å². The smallest absolute Gasteiger partial charge is 0.231 e. The summed E-state index contributed by atoms with van der Waals surface area (Å²) in [5, 5.41) is 10.1. The maximum absolute atomic E-state index is 12.3. The Hall–Kier alpha value is -1.48. The van der Waals surface area contributed by atoms with Crippen LogP contribution < -0.4 is 4.90 Å². The average molecular weight is 280 g/mol. The van der Waals surface area contributed by atoms with Crippen molar-refractivity contribution >= 4 is 23.2 Å². The normalized spacial score (nSPS) is 15.4. The van der Waals surface area contributed by atoms with Crippen molar-refractivity contribution in [1.29, 1.82) is 0 Å². The first kappa shape index (κ1) is 13.9. The number of hydrogen-bond donors (Lipinski definition) is 1. The highest BCUT2D eigenvalue weighted by Crippen LogP contribution is 2.32. The number of amides is 1. The van der Waals surface area contributed by atoms with E-state index in [0.29, 0.717) is 17.1 Å². The number of rotatable bonds is 4. The van der Waals surface area contributed by atoms with Crippen molar-refractivity contribution in [3.05, 3.63) is 35.9 Å². The van der Waals surface area contributed by atoms with Gasteiger partial charge < -0.3 is 10.0 Å². The molecule has 0 bridgehead atoms. The van der Waals surface area contributed by atoms with Gasteiger partial charge in [-0.05, 0) is 25.0 Å². The zero-order valence-corrected chi connectivity index (χ0v) is 11.6. The third-order valence-corrected chi connectivity index (χ3v) is 3.64. The van der Waals surface area contributed by atoms with Crippen molar-refractivity contribution in [3.63, 3.8) is 0 Å². The summed E-state index contributed by atoms with van der Waals surface area (Å²) in [6.07, 6.45) is 6.16. The van der Waals surface area contributed by atoms with E-state index in [2.05, 4.69) is 6.58 Å². The lowest BCUT2D eigenvalue weighted by atomic mass is 10.1. The van der Waals surface area contributed by atoms with Crippen molar-refractivity contribution in [2.45, 2.75) is 38.1 Å². The molecule has 0 spiro atoms. The Kier molecular flexibility index (Phi) is 4.48. The lowest BCUT2D eigenvalue weighted by molar-refractivity contribution is -0.118. The zero-order valence-electron chi connectivity index (χ0n) is 10.8. The highest BCUT2D eigenvalue weighted by atomic mass is 35.5. The highest BCUT2D eigenvalue weighted by molar-refractivity contribution is 6.31. The standard InChI is InChI=1S/C15H18ClNO2/c1-2-5-15(19)17(12-6-3-4-7-12)13-8-11(16)9-14(18)10-13/h2,8-10,12,18H,1,3-7H2. The Bertz CT molecular complexity index is 461. The van der Waals surface area contributed by atoms with Gasteiger partial charge in [0.05, 0.1) is 0 Å². The lowest BCUT2D eigenvalue weighted by Crippen LogP contribution is -2.38. The first-order chi connectivity index (χ1) is 9.11. The summed E-state index contributed by atoms with van der Waals surface area (Å²) in [5.41, 5.74) is 0.670. The number of phenolic OH excluding ortho intramolecular Hbond substituents is 1. The number of hydrogen-bond acceptors (Lipinski definition) is 2. The van der Waals surface area contributed by atoms with Crippen molar-refractivity contribution in [2.24, 2.45) is 0 Å². The van der Waals surface area contributed by atoms with E-state index < -0.39 is 0 Å². The van der Waals surface area contributed by atoms with Gasteiger partial charge in [0.15, 0.2) is 0 Å². The molecule has 19 heavy (non-hydrogen) atoms. The Balaban J connectivity index is 2.34. The maximum atomic E-state index is 12.3. The van der Waals surface area contributed by atoms with Crippen molar-refractivity contribution in [3.8, 4) is 5.75 Å². The number of nitrogens with zero attached hydrogens (tertiary/aromatic N) is 1. The topological polar surface area (TPSA) is 40.5 Å². The Morgan fingerprint density at radius 3 is 2.68 bits per heavy atom. The SMILES string of the molecule is C=CCC(=O)N(c1cc(O)cc(Cl)c1)C1CCCC1. The number of phenols is 1. The minimum absolute atomic E-state index is 0.00330. The zero-order chi connectivity index (χ0) is 13.8. The third kappa shape index (κ3) is 3.29. The summed E-state index contributed by atoms with van der Waals surface area (Å²) in [7, 11) is 0. The molecule has 0 aliphatic heterocycles. The highest BCUT2D eigenvalue weighted by Gasteiger charge is 2.27. The largest absolute Gasteiger partial charge is 0.508 e. The fourth-order valence-electron chi connectivity index (χ4n) is 2.64. The average Bonchev–Trinajstić information content (AvgIpc) is 2.82. The molecule has 0 saturated heterocycles. The van der Waals surface area contributed by atoms with Crippen LogP contribution in [0.3, 0.4) is 0 Å². The van der Waals surface area contributed by atoms with E-state index in [1.807, 2.05) is 0 Å². The number of aromatic hydroxyl groups is 1. The molecule has 0 heterocycles. The number of benzene rings is 1. The van der Waals surface area contributed by atoms with E-state index >= 15 is 0 Å². The molecule has 1 aromatic rings. The van der Waals surface area contributed by atoms with Crippen LogP contribution in [-0.2, 0) is 4.79 Å². The van der Waals surface area contributed by atoms with Crippen LogP contribution in [0.1, 0.15) is 32.1 Å². The molecule has 0 aromatic heterocycles. The lowest BCUT2D eigenvalue weighted by Gasteiger charge is -2.29. The van der Waals surface area contributed by atoms with Gasteiger partial charge in [0.1, 0.15) is 5.75 Å². The van der Waals surface area contributed by atoms with Gasteiger partial charge in [-0.25, -0.2) is 0 Å². The number of halogens is 1. The second-order valence-electron chi connectivity index (χ2n) is 4.86. The molecule has 1 aliphatic carbocycles. The predicted molar refractivity (Wildman–Crippen MR) is 77.7 cm³/mol. The Morgan fingerprint density at radius 1 is 1.42 bits per heavy atom. The van der Waals surface area contributed by atoms with E-state index in [1.165, 1.54) is 6.07 Å². The van der Waals surface area contributed by atoms with Gasteiger partial charge in [-0.2, -0.15) is 0 Å². The predicted octanol–water partition coefficient (Wildman–Crippen LogP) is 3.90. The molecular formula is C15H18ClNO2. The number of carbonyl (C=O) groups excluding carboxylic acids is 1. The summed E-state index contributed by atoms with van der Waals surface area (Å²) in [6.45, 7) is 3.62. The van der Waals surface area contributed by atoms with Gasteiger partial charge in [0.25, 0.3) is 0 Å². The molecular weight excluding hydrogens is 262 g/mol. The molecule has 0 atom stereocenters. The van der Waals surface area contributed by atoms with Crippen LogP contribution in [0.4, 0.5) is 5.69 Å². The Morgan fingerprint density at radius 2 is 2.11 bits per heavy atom. The van der Waals surface area contributed by atoms with Gasteiger partial charge in [0, 0.05) is 29.2 Å². The fraction of sp³-hybridized carbons (Fsp3) is 0.400. The minimum Gasteiger partial charge on any atom is -0.508 e. The number of carbonyl (C=O) groups is 1. The molecule has 1 saturated carbocycles. The first-order valence-corrected chi connectivity index (χ1v) is 6.92. The fourth-order valence-corrected chi connectivity index (χ4v) is 2.86. The van der Waals surface area contributed by atoms with E-state index in [9.17, 15) is 9.90 Å². The summed E-state index contributed by atoms with van der Waals surface area (Å²) >= 11 is 5.96. The van der Waals surface area contributed by atoms with Crippen LogP contribution in [-0.4, -0.2) is 17.1 Å². The Labute approximate surface area is 118 Å². The molecule has 4 heteroatoms. The van der Waals surface area contributed by atoms with Crippen LogP contribution in [0.25, 0.3) is 0 Å². The van der Waals surface area contributed by atoms with Crippen molar-refractivity contribution in [1.82, 2.24) is 0 Å². The molecule has 1 fully saturated rings. The van der Waals surface area contributed by atoms with Gasteiger partial charge >= 0.3 is 0 Å². The molecule has 0 unspecified atom stereocenters. The van der Waals surface area contributed by atoms with E-state index in [4.69, 9.17) is 11.6 Å². The van der Waals surface area contributed by atoms with Crippen molar-refractivity contribution < 1.29 is 9.90 Å². The van der Waals surface area contributed by atoms with Gasteiger partial charge in [-0.1, -0.05) is 30.5 Å². The molecule has 102 valence electrons. The summed E-state index contributed by atoms with van der Waals surface area (Å²) in [4.78, 5) is 14.0. The van der Waals surface area contributed by atoms with Gasteiger partial charge in [0.2, 0.25) is 5.91 Å². The second kappa shape index (κ2) is 6.11. The molecule has 1 amide bonds. The van der Waals surface area contributed by atoms with Gasteiger partial charge in [-0.15, -0.1) is 6.58 Å². The minimum atomic E-state index is 0.00330.